The van der Waals surface area contributed by atoms with Crippen molar-refractivity contribution in [3.63, 3.8) is 0 Å². The molecule has 3 rings (SSSR count). The van der Waals surface area contributed by atoms with Crippen molar-refractivity contribution in [3.8, 4) is 0 Å². The molecule has 0 radical (unpaired) electrons. The maximum Gasteiger partial charge on any atom is 0.0282 e. The summed E-state index contributed by atoms with van der Waals surface area (Å²) in [6.07, 6.45) is 2.33. The Morgan fingerprint density at radius 1 is 1.10 bits per heavy atom. The van der Waals surface area contributed by atoms with Gasteiger partial charge in [-0.3, -0.25) is 0 Å². The number of nitrogens with two attached hydrogens (primary N) is 1. The van der Waals surface area contributed by atoms with E-state index in [-0.39, 0.29) is 11.0 Å². The van der Waals surface area contributed by atoms with Gasteiger partial charge in [-0.25, -0.2) is 0 Å². The molecule has 1 aliphatic rings. The molecule has 2 nitrogen and oxygen atoms in total. The molecule has 0 unspecified atom stereocenters. The summed E-state index contributed by atoms with van der Waals surface area (Å²) in [6.45, 7) is 6.48. The van der Waals surface area contributed by atoms with Crippen LogP contribution in [0.3, 0.4) is 0 Å². The van der Waals surface area contributed by atoms with E-state index in [9.17, 15) is 0 Å². The maximum atomic E-state index is 6.13. The van der Waals surface area contributed by atoms with Crippen molar-refractivity contribution in [2.75, 3.05) is 13.1 Å². The average Bonchev–Trinajstić information content (AvgIpc) is 3.16. The van der Waals surface area contributed by atoms with E-state index in [0.29, 0.717) is 0 Å². The second kappa shape index (κ2) is 4.87. The van der Waals surface area contributed by atoms with Gasteiger partial charge in [0.2, 0.25) is 0 Å². The highest BCUT2D eigenvalue weighted by Crippen LogP contribution is 2.31. The Hall–Kier alpha value is -1.38. The van der Waals surface area contributed by atoms with E-state index in [1.807, 2.05) is 0 Å². The molecule has 0 heterocycles. The van der Waals surface area contributed by atoms with Crippen LogP contribution in [0.1, 0.15) is 32.3 Å². The highest BCUT2D eigenvalue weighted by Gasteiger charge is 2.37. The third-order valence-corrected chi connectivity index (χ3v) is 4.47. The van der Waals surface area contributed by atoms with Crippen LogP contribution in [0.5, 0.6) is 0 Å². The molecule has 20 heavy (non-hydrogen) atoms. The Balaban J connectivity index is 1.73. The first kappa shape index (κ1) is 13.6. The lowest BCUT2D eigenvalue weighted by atomic mass is 9.83. The van der Waals surface area contributed by atoms with Crippen molar-refractivity contribution in [1.29, 1.82) is 0 Å². The maximum absolute atomic E-state index is 6.13. The Kier molecular flexibility index (Phi) is 3.31. The summed E-state index contributed by atoms with van der Waals surface area (Å²) in [6, 6.07) is 15.3. The molecule has 0 saturated heterocycles. The fraction of sp³-hybridized carbons (Fsp3) is 0.444. The summed E-state index contributed by atoms with van der Waals surface area (Å²) in [5, 5.41) is 6.17. The summed E-state index contributed by atoms with van der Waals surface area (Å²) in [5.74, 6) is 0. The molecule has 2 heteroatoms. The van der Waals surface area contributed by atoms with Crippen LogP contribution in [0.2, 0.25) is 0 Å². The number of benzene rings is 2. The Bertz CT molecular complexity index is 612. The van der Waals surface area contributed by atoms with Crippen molar-refractivity contribution in [2.24, 2.45) is 5.73 Å². The van der Waals surface area contributed by atoms with Crippen molar-refractivity contribution >= 4 is 10.8 Å². The van der Waals surface area contributed by atoms with Crippen LogP contribution >= 0.6 is 0 Å². The van der Waals surface area contributed by atoms with E-state index in [0.717, 1.165) is 25.9 Å². The van der Waals surface area contributed by atoms with Gasteiger partial charge in [-0.1, -0.05) is 56.3 Å². The van der Waals surface area contributed by atoms with E-state index in [1.54, 1.807) is 0 Å². The second-order valence-electron chi connectivity index (χ2n) is 6.91. The predicted molar refractivity (Wildman–Crippen MR) is 86.0 cm³/mol. The normalized spacial score (nSPS) is 17.4. The average molecular weight is 268 g/mol. The molecule has 0 aromatic heterocycles. The fourth-order valence-electron chi connectivity index (χ4n) is 2.67. The first-order valence-corrected chi connectivity index (χ1v) is 7.48. The zero-order valence-corrected chi connectivity index (χ0v) is 12.4. The topological polar surface area (TPSA) is 38.0 Å². The largest absolute Gasteiger partial charge is 0.324 e. The first-order valence-electron chi connectivity index (χ1n) is 7.48. The van der Waals surface area contributed by atoms with Gasteiger partial charge in [0.15, 0.2) is 0 Å². The Morgan fingerprint density at radius 3 is 2.50 bits per heavy atom. The van der Waals surface area contributed by atoms with E-state index >= 15 is 0 Å². The smallest absolute Gasteiger partial charge is 0.0282 e. The lowest BCUT2D eigenvalue weighted by Crippen LogP contribution is -2.41. The Morgan fingerprint density at radius 2 is 1.80 bits per heavy atom. The molecule has 3 N–H and O–H groups in total. The van der Waals surface area contributed by atoms with E-state index in [4.69, 9.17) is 5.73 Å². The standard InChI is InChI=1S/C18H24N2/c1-17(2,12-20-13-18(19)9-10-18)16-8-7-14-5-3-4-6-15(14)11-16/h3-8,11,20H,9-10,12-13,19H2,1-2H3. The highest BCUT2D eigenvalue weighted by atomic mass is 15.0. The summed E-state index contributed by atoms with van der Waals surface area (Å²) in [4.78, 5) is 0. The van der Waals surface area contributed by atoms with Crippen molar-refractivity contribution in [2.45, 2.75) is 37.6 Å². The number of nitrogens with one attached hydrogen (secondary N) is 1. The highest BCUT2D eigenvalue weighted by molar-refractivity contribution is 5.83. The summed E-state index contributed by atoms with van der Waals surface area (Å²) >= 11 is 0. The quantitative estimate of drug-likeness (QED) is 0.874. The summed E-state index contributed by atoms with van der Waals surface area (Å²) in [5.41, 5.74) is 7.71. The predicted octanol–water partition coefficient (Wildman–Crippen LogP) is 3.20. The SMILES string of the molecule is CC(C)(CNCC1(N)CC1)c1ccc2ccccc2c1. The van der Waals surface area contributed by atoms with Crippen LogP contribution in [0.25, 0.3) is 10.8 Å². The van der Waals surface area contributed by atoms with Crippen molar-refractivity contribution in [1.82, 2.24) is 5.32 Å². The second-order valence-corrected chi connectivity index (χ2v) is 6.91. The van der Waals surface area contributed by atoms with Gasteiger partial charge in [-0.15, -0.1) is 0 Å². The number of hydrogen-bond acceptors (Lipinski definition) is 2. The van der Waals surface area contributed by atoms with Gasteiger partial charge in [0, 0.05) is 24.0 Å². The van der Waals surface area contributed by atoms with Crippen LogP contribution in [-0.4, -0.2) is 18.6 Å². The monoisotopic (exact) mass is 268 g/mol. The molecule has 2 aromatic carbocycles. The summed E-state index contributed by atoms with van der Waals surface area (Å²) in [7, 11) is 0. The van der Waals surface area contributed by atoms with E-state index in [2.05, 4.69) is 61.6 Å². The Labute approximate surface area is 121 Å². The minimum atomic E-state index is 0.0828. The fourth-order valence-corrected chi connectivity index (χ4v) is 2.67. The van der Waals surface area contributed by atoms with Gasteiger partial charge in [-0.05, 0) is 29.2 Å². The van der Waals surface area contributed by atoms with Gasteiger partial charge in [-0.2, -0.15) is 0 Å². The van der Waals surface area contributed by atoms with Crippen LogP contribution in [-0.2, 0) is 5.41 Å². The molecular weight excluding hydrogens is 244 g/mol. The van der Waals surface area contributed by atoms with E-state index in [1.165, 1.54) is 16.3 Å². The molecule has 0 spiro atoms. The molecule has 0 amide bonds. The van der Waals surface area contributed by atoms with Crippen LogP contribution in [0.15, 0.2) is 42.5 Å². The third-order valence-electron chi connectivity index (χ3n) is 4.47. The zero-order valence-electron chi connectivity index (χ0n) is 12.4. The minimum absolute atomic E-state index is 0.0828. The third kappa shape index (κ3) is 2.87. The molecular formula is C18H24N2. The molecule has 106 valence electrons. The van der Waals surface area contributed by atoms with Crippen LogP contribution < -0.4 is 11.1 Å². The molecule has 0 atom stereocenters. The molecule has 1 fully saturated rings. The molecule has 2 aromatic rings. The molecule has 0 aliphatic heterocycles. The lowest BCUT2D eigenvalue weighted by Gasteiger charge is -2.27. The lowest BCUT2D eigenvalue weighted by molar-refractivity contribution is 0.449. The van der Waals surface area contributed by atoms with Gasteiger partial charge < -0.3 is 11.1 Å². The van der Waals surface area contributed by atoms with Gasteiger partial charge in [0.05, 0.1) is 0 Å². The first-order chi connectivity index (χ1) is 9.49. The molecule has 1 saturated carbocycles. The molecule has 0 bridgehead atoms. The van der Waals surface area contributed by atoms with Crippen molar-refractivity contribution in [3.05, 3.63) is 48.0 Å². The summed E-state index contributed by atoms with van der Waals surface area (Å²) < 4.78 is 0. The minimum Gasteiger partial charge on any atom is -0.324 e. The van der Waals surface area contributed by atoms with Gasteiger partial charge in [0.25, 0.3) is 0 Å². The number of rotatable bonds is 5. The molecule has 1 aliphatic carbocycles. The number of fused-ring (bicyclic) bond motifs is 1. The zero-order chi connectivity index (χ0) is 14.2. The number of hydrogen-bond donors (Lipinski definition) is 2. The van der Waals surface area contributed by atoms with E-state index < -0.39 is 0 Å². The van der Waals surface area contributed by atoms with Crippen LogP contribution in [0, 0.1) is 0 Å². The van der Waals surface area contributed by atoms with Gasteiger partial charge in [0.1, 0.15) is 0 Å². The van der Waals surface area contributed by atoms with Crippen molar-refractivity contribution < 1.29 is 0 Å². The van der Waals surface area contributed by atoms with Gasteiger partial charge >= 0.3 is 0 Å². The van der Waals surface area contributed by atoms with Crippen LogP contribution in [0.4, 0.5) is 0 Å².